The van der Waals surface area contributed by atoms with Crippen LogP contribution in [0.4, 0.5) is 0 Å². The fourth-order valence-electron chi connectivity index (χ4n) is 4.96. The molecule has 40 heavy (non-hydrogen) atoms. The monoisotopic (exact) mass is 538 g/mol. The molecule has 4 rings (SSSR count). The molecule has 208 valence electrons. The molecular weight excluding hydrogens is 500 g/mol. The van der Waals surface area contributed by atoms with Gasteiger partial charge in [0.15, 0.2) is 0 Å². The standard InChI is InChI=1S/C34H38N2O4/c1-4-21-35-33(37)30-24(2)36-25(3)31(34(38)39-22-13-18-26-14-7-5-8-15-26)32(30)28-19-11-12-20-29(28)40-23-27-16-9-6-10-17-27/h5-12,14-17,19-20,32,36H,4,13,18,21-23H2,1-3H3,(H,35,37). The average molecular weight is 539 g/mol. The first-order valence-corrected chi connectivity index (χ1v) is 13.9. The predicted octanol–water partition coefficient (Wildman–Crippen LogP) is 6.20. The van der Waals surface area contributed by atoms with Crippen molar-refractivity contribution >= 4 is 11.9 Å². The molecule has 1 aliphatic rings. The second-order valence-electron chi connectivity index (χ2n) is 9.93. The minimum Gasteiger partial charge on any atom is -0.489 e. The molecule has 1 unspecified atom stereocenters. The van der Waals surface area contributed by atoms with Crippen molar-refractivity contribution in [3.05, 3.63) is 124 Å². The highest BCUT2D eigenvalue weighted by molar-refractivity contribution is 6.02. The molecule has 0 saturated carbocycles. The fourth-order valence-corrected chi connectivity index (χ4v) is 4.96. The molecule has 1 aliphatic heterocycles. The van der Waals surface area contributed by atoms with Crippen molar-refractivity contribution < 1.29 is 19.1 Å². The van der Waals surface area contributed by atoms with Crippen molar-refractivity contribution in [1.29, 1.82) is 0 Å². The zero-order valence-corrected chi connectivity index (χ0v) is 23.5. The van der Waals surface area contributed by atoms with Crippen molar-refractivity contribution in [2.75, 3.05) is 13.2 Å². The van der Waals surface area contributed by atoms with Crippen LogP contribution in [0.25, 0.3) is 0 Å². The zero-order valence-electron chi connectivity index (χ0n) is 23.5. The van der Waals surface area contributed by atoms with Gasteiger partial charge in [0.25, 0.3) is 0 Å². The summed E-state index contributed by atoms with van der Waals surface area (Å²) in [4.78, 5) is 27.2. The summed E-state index contributed by atoms with van der Waals surface area (Å²) in [5, 5.41) is 6.27. The molecule has 0 radical (unpaired) electrons. The predicted molar refractivity (Wildman–Crippen MR) is 158 cm³/mol. The second-order valence-corrected chi connectivity index (χ2v) is 9.93. The van der Waals surface area contributed by atoms with Gasteiger partial charge in [0.05, 0.1) is 18.1 Å². The van der Waals surface area contributed by atoms with Gasteiger partial charge in [-0.2, -0.15) is 0 Å². The molecule has 0 spiro atoms. The van der Waals surface area contributed by atoms with Crippen LogP contribution in [-0.4, -0.2) is 25.0 Å². The van der Waals surface area contributed by atoms with E-state index in [1.165, 1.54) is 5.56 Å². The van der Waals surface area contributed by atoms with Gasteiger partial charge in [-0.05, 0) is 50.3 Å². The number of para-hydroxylation sites is 1. The van der Waals surface area contributed by atoms with Crippen molar-refractivity contribution in [3.63, 3.8) is 0 Å². The molecule has 0 saturated heterocycles. The van der Waals surface area contributed by atoms with Crippen LogP contribution in [0.3, 0.4) is 0 Å². The molecule has 0 aliphatic carbocycles. The molecule has 1 atom stereocenters. The Morgan fingerprint density at radius 2 is 1.45 bits per heavy atom. The maximum Gasteiger partial charge on any atom is 0.336 e. The molecule has 2 N–H and O–H groups in total. The quantitative estimate of drug-likeness (QED) is 0.212. The first-order chi connectivity index (χ1) is 19.5. The van der Waals surface area contributed by atoms with Crippen LogP contribution in [0, 0.1) is 0 Å². The van der Waals surface area contributed by atoms with Crippen molar-refractivity contribution in [3.8, 4) is 5.75 Å². The number of ether oxygens (including phenoxy) is 2. The lowest BCUT2D eigenvalue weighted by atomic mass is 9.79. The van der Waals surface area contributed by atoms with E-state index in [4.69, 9.17) is 9.47 Å². The lowest BCUT2D eigenvalue weighted by Crippen LogP contribution is -2.37. The van der Waals surface area contributed by atoms with Gasteiger partial charge in [0.1, 0.15) is 12.4 Å². The summed E-state index contributed by atoms with van der Waals surface area (Å²) in [6.07, 6.45) is 2.32. The normalized spacial score (nSPS) is 14.9. The number of hydrogen-bond donors (Lipinski definition) is 2. The summed E-state index contributed by atoms with van der Waals surface area (Å²) < 4.78 is 12.1. The van der Waals surface area contributed by atoms with Crippen LogP contribution in [0.5, 0.6) is 5.75 Å². The number of aryl methyl sites for hydroxylation is 1. The molecule has 1 heterocycles. The first-order valence-electron chi connectivity index (χ1n) is 13.9. The summed E-state index contributed by atoms with van der Waals surface area (Å²) in [6, 6.07) is 27.7. The highest BCUT2D eigenvalue weighted by Crippen LogP contribution is 2.42. The minimum absolute atomic E-state index is 0.211. The Morgan fingerprint density at radius 3 is 2.15 bits per heavy atom. The third-order valence-corrected chi connectivity index (χ3v) is 6.91. The molecule has 0 bridgehead atoms. The number of nitrogens with one attached hydrogen (secondary N) is 2. The maximum atomic E-state index is 13.7. The van der Waals surface area contributed by atoms with Gasteiger partial charge in [0.2, 0.25) is 5.91 Å². The Bertz CT molecular complexity index is 1360. The number of carbonyl (C=O) groups excluding carboxylic acids is 2. The van der Waals surface area contributed by atoms with E-state index in [0.717, 1.165) is 24.0 Å². The Kier molecular flexibility index (Phi) is 10.2. The summed E-state index contributed by atoms with van der Waals surface area (Å²) in [5.74, 6) is -0.675. The van der Waals surface area contributed by atoms with Crippen LogP contribution < -0.4 is 15.4 Å². The molecule has 3 aromatic carbocycles. The molecule has 6 nitrogen and oxygen atoms in total. The maximum absolute atomic E-state index is 13.7. The van der Waals surface area contributed by atoms with Crippen LogP contribution in [0.2, 0.25) is 0 Å². The number of allylic oxidation sites excluding steroid dienone is 2. The van der Waals surface area contributed by atoms with E-state index in [9.17, 15) is 9.59 Å². The third-order valence-electron chi connectivity index (χ3n) is 6.91. The van der Waals surface area contributed by atoms with Gasteiger partial charge in [-0.15, -0.1) is 0 Å². The van der Waals surface area contributed by atoms with E-state index in [0.29, 0.717) is 47.9 Å². The summed E-state index contributed by atoms with van der Waals surface area (Å²) in [5.41, 5.74) is 5.25. The third kappa shape index (κ3) is 7.20. The van der Waals surface area contributed by atoms with Crippen LogP contribution in [0.15, 0.2) is 107 Å². The van der Waals surface area contributed by atoms with Crippen LogP contribution >= 0.6 is 0 Å². The largest absolute Gasteiger partial charge is 0.489 e. The van der Waals surface area contributed by atoms with Gasteiger partial charge in [0, 0.05) is 29.1 Å². The number of amides is 1. The molecule has 0 aromatic heterocycles. The topological polar surface area (TPSA) is 76.7 Å². The molecule has 3 aromatic rings. The van der Waals surface area contributed by atoms with Gasteiger partial charge < -0.3 is 20.1 Å². The number of esters is 1. The highest BCUT2D eigenvalue weighted by Gasteiger charge is 2.38. The smallest absolute Gasteiger partial charge is 0.336 e. The van der Waals surface area contributed by atoms with E-state index in [2.05, 4.69) is 22.8 Å². The number of rotatable bonds is 12. The summed E-state index contributed by atoms with van der Waals surface area (Å²) in [7, 11) is 0. The van der Waals surface area contributed by atoms with E-state index in [1.54, 1.807) is 0 Å². The highest BCUT2D eigenvalue weighted by atomic mass is 16.5. The lowest BCUT2D eigenvalue weighted by Gasteiger charge is -2.32. The van der Waals surface area contributed by atoms with E-state index < -0.39 is 11.9 Å². The number of hydrogen-bond acceptors (Lipinski definition) is 5. The van der Waals surface area contributed by atoms with Crippen molar-refractivity contribution in [2.45, 2.75) is 52.6 Å². The van der Waals surface area contributed by atoms with E-state index in [-0.39, 0.29) is 12.5 Å². The van der Waals surface area contributed by atoms with Crippen molar-refractivity contribution in [2.24, 2.45) is 0 Å². The van der Waals surface area contributed by atoms with Gasteiger partial charge >= 0.3 is 5.97 Å². The lowest BCUT2D eigenvalue weighted by molar-refractivity contribution is -0.139. The Morgan fingerprint density at radius 1 is 0.825 bits per heavy atom. The number of dihydropyridines is 1. The van der Waals surface area contributed by atoms with Gasteiger partial charge in [-0.1, -0.05) is 85.8 Å². The van der Waals surface area contributed by atoms with Gasteiger partial charge in [-0.25, -0.2) is 4.79 Å². The summed E-state index contributed by atoms with van der Waals surface area (Å²) in [6.45, 7) is 6.91. The van der Waals surface area contributed by atoms with Crippen molar-refractivity contribution in [1.82, 2.24) is 10.6 Å². The number of benzene rings is 3. The zero-order chi connectivity index (χ0) is 28.3. The van der Waals surface area contributed by atoms with Crippen LogP contribution in [0.1, 0.15) is 56.2 Å². The molecular formula is C34H38N2O4. The second kappa shape index (κ2) is 14.2. The van der Waals surface area contributed by atoms with Gasteiger partial charge in [-0.3, -0.25) is 4.79 Å². The summed E-state index contributed by atoms with van der Waals surface area (Å²) >= 11 is 0. The number of carbonyl (C=O) groups is 2. The molecule has 6 heteroatoms. The van der Waals surface area contributed by atoms with E-state index in [1.807, 2.05) is 93.6 Å². The fraction of sp³-hybridized carbons (Fsp3) is 0.294. The minimum atomic E-state index is -0.647. The Labute approximate surface area is 237 Å². The first kappa shape index (κ1) is 28.7. The van der Waals surface area contributed by atoms with E-state index >= 15 is 0 Å². The molecule has 1 amide bonds. The van der Waals surface area contributed by atoms with Crippen LogP contribution in [-0.2, 0) is 27.4 Å². The average Bonchev–Trinajstić information content (AvgIpc) is 2.97. The molecule has 0 fully saturated rings. The SMILES string of the molecule is CCCNC(=O)C1=C(C)NC(C)=C(C(=O)OCCCc2ccccc2)C1c1ccccc1OCc1ccccc1. The Hall–Kier alpha value is -4.32. The Balaban J connectivity index is 1.63.